The van der Waals surface area contributed by atoms with E-state index in [2.05, 4.69) is 287 Å². The average molecular weight is 907 g/mol. The number of rotatable bonds is 11. The van der Waals surface area contributed by atoms with Crippen LogP contribution in [0.25, 0.3) is 72.0 Å². The van der Waals surface area contributed by atoms with Gasteiger partial charge in [-0.15, -0.1) is 0 Å². The molecule has 0 unspecified atom stereocenters. The van der Waals surface area contributed by atoms with Crippen molar-refractivity contribution >= 4 is 55.9 Å². The van der Waals surface area contributed by atoms with Crippen LogP contribution < -0.4 is 9.80 Å². The SMILES string of the molecule is N#Cc1c(-c2ccccc2)c(-c2ccccc2)c(-n2c3ccc(N(c4ccccc4)c4ccccc4)cc3c3cc(N(c4ccccc4)c4ccccc4)ccc32)c(-c2ccccc2)c1-c1ccccc1. The molecule has 0 aliphatic heterocycles. The molecule has 0 aliphatic rings. The van der Waals surface area contributed by atoms with Crippen LogP contribution in [-0.2, 0) is 0 Å². The number of nitriles is 1. The molecular formula is C67H46N4. The van der Waals surface area contributed by atoms with Crippen molar-refractivity contribution in [1.82, 2.24) is 4.57 Å². The summed E-state index contributed by atoms with van der Waals surface area (Å²) in [4.78, 5) is 4.67. The summed E-state index contributed by atoms with van der Waals surface area (Å²) in [6, 6.07) is 101. The maximum absolute atomic E-state index is 11.7. The van der Waals surface area contributed by atoms with Crippen LogP contribution in [0.15, 0.2) is 279 Å². The molecule has 0 saturated heterocycles. The Labute approximate surface area is 414 Å². The summed E-state index contributed by atoms with van der Waals surface area (Å²) < 4.78 is 2.48. The first-order valence-electron chi connectivity index (χ1n) is 24.0. The van der Waals surface area contributed by atoms with Gasteiger partial charge in [0, 0.05) is 67.2 Å². The van der Waals surface area contributed by atoms with Crippen molar-refractivity contribution in [2.24, 2.45) is 0 Å². The number of fused-ring (bicyclic) bond motifs is 3. The van der Waals surface area contributed by atoms with Crippen LogP contribution in [0.4, 0.5) is 34.1 Å². The van der Waals surface area contributed by atoms with E-state index in [-0.39, 0.29) is 0 Å². The Morgan fingerprint density at radius 2 is 0.549 bits per heavy atom. The van der Waals surface area contributed by atoms with Gasteiger partial charge < -0.3 is 14.4 Å². The predicted octanol–water partition coefficient (Wildman–Crippen LogP) is 18.3. The number of hydrogen-bond donors (Lipinski definition) is 0. The molecule has 0 saturated carbocycles. The largest absolute Gasteiger partial charge is 0.310 e. The Hall–Kier alpha value is -9.69. The molecule has 12 rings (SSSR count). The first kappa shape index (κ1) is 42.6. The topological polar surface area (TPSA) is 35.2 Å². The van der Waals surface area contributed by atoms with Gasteiger partial charge in [-0.2, -0.15) is 5.26 Å². The summed E-state index contributed by atoms with van der Waals surface area (Å²) in [5.74, 6) is 0. The smallest absolute Gasteiger partial charge is 0.100 e. The van der Waals surface area contributed by atoms with Crippen LogP contribution in [-0.4, -0.2) is 4.57 Å². The summed E-state index contributed by atoms with van der Waals surface area (Å²) in [6.07, 6.45) is 0. The van der Waals surface area contributed by atoms with Crippen LogP contribution in [0.3, 0.4) is 0 Å². The second-order valence-corrected chi connectivity index (χ2v) is 17.6. The standard InChI is InChI=1S/C67H46N4/c68-47-60-63(48-25-9-1-10-26-48)65(50-29-13-3-14-30-50)67(66(51-31-15-4-16-32-51)64(60)49-27-11-2-12-28-49)71-61-43-41-56(69(52-33-17-5-18-34-52)53-35-19-6-20-36-53)45-58(61)59-46-57(42-44-62(59)71)70(54-37-21-7-22-38-54)55-39-23-8-24-40-55/h1-46H. The lowest BCUT2D eigenvalue weighted by atomic mass is 9.79. The normalized spacial score (nSPS) is 11.1. The molecule has 0 fully saturated rings. The quantitative estimate of drug-likeness (QED) is 0.130. The number of hydrogen-bond acceptors (Lipinski definition) is 3. The fraction of sp³-hybridized carbons (Fsp3) is 0. The summed E-state index contributed by atoms with van der Waals surface area (Å²) in [5, 5.41) is 13.9. The van der Waals surface area contributed by atoms with Crippen molar-refractivity contribution in [2.45, 2.75) is 0 Å². The van der Waals surface area contributed by atoms with E-state index in [1.165, 1.54) is 0 Å². The van der Waals surface area contributed by atoms with E-state index in [1.54, 1.807) is 0 Å². The van der Waals surface area contributed by atoms with Gasteiger partial charge >= 0.3 is 0 Å². The molecule has 0 radical (unpaired) electrons. The first-order chi connectivity index (χ1) is 35.2. The van der Waals surface area contributed by atoms with Crippen molar-refractivity contribution < 1.29 is 0 Å². The lowest BCUT2D eigenvalue weighted by molar-refractivity contribution is 1.18. The minimum absolute atomic E-state index is 0.622. The molecule has 0 N–H and O–H groups in total. The highest BCUT2D eigenvalue weighted by Crippen LogP contribution is 2.53. The third kappa shape index (κ3) is 7.78. The van der Waals surface area contributed by atoms with Crippen LogP contribution >= 0.6 is 0 Å². The van der Waals surface area contributed by atoms with Gasteiger partial charge in [-0.1, -0.05) is 194 Å². The maximum Gasteiger partial charge on any atom is 0.100 e. The van der Waals surface area contributed by atoms with Gasteiger partial charge in [-0.05, 0) is 107 Å². The Morgan fingerprint density at radius 3 is 0.831 bits per heavy atom. The molecular weight excluding hydrogens is 861 g/mol. The number of benzene rings is 11. The molecule has 71 heavy (non-hydrogen) atoms. The zero-order valence-electron chi connectivity index (χ0n) is 38.8. The van der Waals surface area contributed by atoms with Gasteiger partial charge in [-0.3, -0.25) is 0 Å². The third-order valence-corrected chi connectivity index (χ3v) is 13.4. The molecule has 11 aromatic carbocycles. The highest BCUT2D eigenvalue weighted by molar-refractivity contribution is 6.15. The van der Waals surface area contributed by atoms with Gasteiger partial charge in [0.1, 0.15) is 6.07 Å². The summed E-state index contributed by atoms with van der Waals surface area (Å²) in [7, 11) is 0. The summed E-state index contributed by atoms with van der Waals surface area (Å²) in [5.41, 5.74) is 17.7. The van der Waals surface area contributed by atoms with E-state index in [1.807, 2.05) is 12.1 Å². The molecule has 0 spiro atoms. The average Bonchev–Trinajstić information content (AvgIpc) is 3.77. The minimum atomic E-state index is 0.622. The second kappa shape index (κ2) is 18.8. The van der Waals surface area contributed by atoms with Crippen molar-refractivity contribution in [2.75, 3.05) is 9.80 Å². The molecule has 0 bridgehead atoms. The second-order valence-electron chi connectivity index (χ2n) is 17.6. The minimum Gasteiger partial charge on any atom is -0.310 e. The molecule has 4 heteroatoms. The Bertz CT molecular complexity index is 3510. The van der Waals surface area contributed by atoms with E-state index in [9.17, 15) is 5.26 Å². The van der Waals surface area contributed by atoms with Crippen LogP contribution in [0.2, 0.25) is 0 Å². The summed E-state index contributed by atoms with van der Waals surface area (Å²) >= 11 is 0. The van der Waals surface area contributed by atoms with E-state index in [0.29, 0.717) is 5.56 Å². The van der Waals surface area contributed by atoms with Crippen molar-refractivity contribution in [3.05, 3.63) is 285 Å². The van der Waals surface area contributed by atoms with E-state index in [4.69, 9.17) is 0 Å². The molecule has 0 atom stereocenters. The molecule has 334 valence electrons. The van der Waals surface area contributed by atoms with Crippen molar-refractivity contribution in [1.29, 1.82) is 5.26 Å². The number of para-hydroxylation sites is 4. The van der Waals surface area contributed by atoms with E-state index < -0.39 is 0 Å². The van der Waals surface area contributed by atoms with Gasteiger partial charge in [0.15, 0.2) is 0 Å². The Balaban J connectivity index is 1.28. The number of aromatic nitrogens is 1. The van der Waals surface area contributed by atoms with E-state index in [0.717, 1.165) is 106 Å². The first-order valence-corrected chi connectivity index (χ1v) is 24.0. The zero-order valence-corrected chi connectivity index (χ0v) is 38.8. The van der Waals surface area contributed by atoms with Gasteiger partial charge in [0.05, 0.1) is 22.3 Å². The van der Waals surface area contributed by atoms with Crippen LogP contribution in [0.1, 0.15) is 5.56 Å². The highest BCUT2D eigenvalue weighted by atomic mass is 15.1. The summed E-state index contributed by atoms with van der Waals surface area (Å²) in [6.45, 7) is 0. The Morgan fingerprint density at radius 1 is 0.282 bits per heavy atom. The van der Waals surface area contributed by atoms with E-state index >= 15 is 0 Å². The van der Waals surface area contributed by atoms with Crippen molar-refractivity contribution in [3.63, 3.8) is 0 Å². The number of anilines is 6. The van der Waals surface area contributed by atoms with Crippen LogP contribution in [0.5, 0.6) is 0 Å². The molecule has 12 aromatic rings. The van der Waals surface area contributed by atoms with Crippen LogP contribution in [0, 0.1) is 11.3 Å². The highest BCUT2D eigenvalue weighted by Gasteiger charge is 2.31. The van der Waals surface area contributed by atoms with Crippen molar-refractivity contribution in [3.8, 4) is 56.3 Å². The van der Waals surface area contributed by atoms with Gasteiger partial charge in [0.2, 0.25) is 0 Å². The lowest BCUT2D eigenvalue weighted by Gasteiger charge is -2.28. The molecule has 4 nitrogen and oxygen atoms in total. The maximum atomic E-state index is 11.7. The molecule has 0 aliphatic carbocycles. The lowest BCUT2D eigenvalue weighted by Crippen LogP contribution is -2.10. The van der Waals surface area contributed by atoms with Gasteiger partial charge in [-0.25, -0.2) is 0 Å². The zero-order chi connectivity index (χ0) is 47.5. The molecule has 1 heterocycles. The fourth-order valence-corrected chi connectivity index (χ4v) is 10.4. The van der Waals surface area contributed by atoms with Gasteiger partial charge in [0.25, 0.3) is 0 Å². The monoisotopic (exact) mass is 906 g/mol. The third-order valence-electron chi connectivity index (χ3n) is 13.4. The fourth-order valence-electron chi connectivity index (χ4n) is 10.4. The number of nitrogens with zero attached hydrogens (tertiary/aromatic N) is 4. The molecule has 1 aromatic heterocycles. The Kier molecular flexibility index (Phi) is 11.3. The molecule has 0 amide bonds. The predicted molar refractivity (Wildman–Crippen MR) is 297 cm³/mol.